The minimum Gasteiger partial charge on any atom is -0.371 e. The largest absolute Gasteiger partial charge is 0.371 e. The Morgan fingerprint density at radius 1 is 1.38 bits per heavy atom. The van der Waals surface area contributed by atoms with Gasteiger partial charge in [-0.3, -0.25) is 4.79 Å². The van der Waals surface area contributed by atoms with Gasteiger partial charge in [-0.1, -0.05) is 12.1 Å². The van der Waals surface area contributed by atoms with Crippen LogP contribution in [0.1, 0.15) is 18.4 Å². The summed E-state index contributed by atoms with van der Waals surface area (Å²) in [6.45, 7) is 1.84. The molecule has 1 unspecified atom stereocenters. The van der Waals surface area contributed by atoms with Crippen LogP contribution < -0.4 is 15.4 Å². The van der Waals surface area contributed by atoms with Gasteiger partial charge in [-0.05, 0) is 30.5 Å². The van der Waals surface area contributed by atoms with E-state index in [-0.39, 0.29) is 18.4 Å². The summed E-state index contributed by atoms with van der Waals surface area (Å²) in [5.74, 6) is -0.334. The number of hydrogen-bond acceptors (Lipinski definition) is 4. The zero-order chi connectivity index (χ0) is 15.5. The highest BCUT2D eigenvalue weighted by Crippen LogP contribution is 2.23. The van der Waals surface area contributed by atoms with Crippen LogP contribution in [0.25, 0.3) is 0 Å². The molecule has 0 spiro atoms. The molecule has 1 aliphatic rings. The number of anilines is 1. The van der Waals surface area contributed by atoms with Crippen molar-refractivity contribution in [2.45, 2.75) is 19.4 Å². The maximum absolute atomic E-state index is 11.3. The van der Waals surface area contributed by atoms with Gasteiger partial charge in [0, 0.05) is 25.3 Å². The van der Waals surface area contributed by atoms with Crippen molar-refractivity contribution < 1.29 is 13.2 Å². The van der Waals surface area contributed by atoms with Crippen molar-refractivity contribution in [3.05, 3.63) is 29.8 Å². The number of carbonyl (C=O) groups is 1. The van der Waals surface area contributed by atoms with E-state index in [9.17, 15) is 13.2 Å². The monoisotopic (exact) mass is 311 g/mol. The predicted molar refractivity (Wildman–Crippen MR) is 82.3 cm³/mol. The molecule has 6 nitrogen and oxygen atoms in total. The van der Waals surface area contributed by atoms with E-state index < -0.39 is 10.0 Å². The smallest absolute Gasteiger partial charge is 0.222 e. The second-order valence-electron chi connectivity index (χ2n) is 5.45. The topological polar surface area (TPSA) is 92.5 Å². The van der Waals surface area contributed by atoms with Crippen molar-refractivity contribution in [1.29, 1.82) is 0 Å². The minimum absolute atomic E-state index is 0.0923. The van der Waals surface area contributed by atoms with Gasteiger partial charge in [0.05, 0.1) is 12.2 Å². The maximum atomic E-state index is 11.3. The fourth-order valence-corrected chi connectivity index (χ4v) is 2.91. The minimum atomic E-state index is -3.18. The number of primary amides is 1. The normalized spacial score (nSPS) is 19.5. The van der Waals surface area contributed by atoms with E-state index >= 15 is 0 Å². The molecule has 1 aliphatic heterocycles. The Hall–Kier alpha value is -1.60. The highest BCUT2D eigenvalue weighted by atomic mass is 32.2. The molecule has 116 valence electrons. The van der Waals surface area contributed by atoms with Gasteiger partial charge in [0.15, 0.2) is 0 Å². The lowest BCUT2D eigenvalue weighted by atomic mass is 9.97. The number of nitrogens with two attached hydrogens (primary N) is 1. The van der Waals surface area contributed by atoms with E-state index in [0.717, 1.165) is 36.9 Å². The summed E-state index contributed by atoms with van der Waals surface area (Å²) in [5, 5.41) is 0. The third-order valence-corrected chi connectivity index (χ3v) is 4.33. The fourth-order valence-electron chi connectivity index (χ4n) is 2.48. The molecule has 3 N–H and O–H groups in total. The summed E-state index contributed by atoms with van der Waals surface area (Å²) in [5.41, 5.74) is 7.31. The van der Waals surface area contributed by atoms with Crippen molar-refractivity contribution in [2.24, 2.45) is 11.7 Å². The Bertz CT molecular complexity index is 598. The van der Waals surface area contributed by atoms with Crippen molar-refractivity contribution in [1.82, 2.24) is 4.72 Å². The summed E-state index contributed by atoms with van der Waals surface area (Å²) in [6, 6.07) is 7.67. The van der Waals surface area contributed by atoms with E-state index in [1.54, 1.807) is 0 Å². The molecular weight excluding hydrogens is 290 g/mol. The van der Waals surface area contributed by atoms with Crippen LogP contribution in [0.15, 0.2) is 24.3 Å². The second kappa shape index (κ2) is 6.44. The molecule has 1 saturated heterocycles. The number of benzene rings is 1. The van der Waals surface area contributed by atoms with Crippen molar-refractivity contribution in [2.75, 3.05) is 24.2 Å². The van der Waals surface area contributed by atoms with Crippen LogP contribution in [0.5, 0.6) is 0 Å². The molecule has 2 rings (SSSR count). The van der Waals surface area contributed by atoms with Crippen LogP contribution in [0.2, 0.25) is 0 Å². The molecule has 0 saturated carbocycles. The third-order valence-electron chi connectivity index (χ3n) is 3.66. The first-order valence-corrected chi connectivity index (χ1v) is 8.82. The maximum Gasteiger partial charge on any atom is 0.222 e. The highest BCUT2D eigenvalue weighted by molar-refractivity contribution is 7.88. The number of sulfonamides is 1. The third kappa shape index (κ3) is 4.71. The zero-order valence-corrected chi connectivity index (χ0v) is 12.9. The summed E-state index contributed by atoms with van der Waals surface area (Å²) in [4.78, 5) is 13.4. The number of nitrogens with zero attached hydrogens (tertiary/aromatic N) is 1. The first-order chi connectivity index (χ1) is 9.85. The Morgan fingerprint density at radius 2 is 2.05 bits per heavy atom. The highest BCUT2D eigenvalue weighted by Gasteiger charge is 2.23. The SMILES string of the molecule is CS(=O)(=O)NCc1ccc(N2CCCC(C(N)=O)C2)cc1. The molecule has 1 fully saturated rings. The lowest BCUT2D eigenvalue weighted by molar-refractivity contribution is -0.122. The first kappa shape index (κ1) is 15.8. The molecule has 1 amide bonds. The predicted octanol–water partition coefficient (Wildman–Crippen LogP) is 0.438. The number of nitrogens with one attached hydrogen (secondary N) is 1. The van der Waals surface area contributed by atoms with Gasteiger partial charge in [0.2, 0.25) is 15.9 Å². The molecule has 0 aromatic heterocycles. The van der Waals surface area contributed by atoms with Crippen LogP contribution in [0.3, 0.4) is 0 Å². The molecule has 0 bridgehead atoms. The standard InChI is InChI=1S/C14H21N3O3S/c1-21(19,20)16-9-11-4-6-13(7-5-11)17-8-2-3-12(10-17)14(15)18/h4-7,12,16H,2-3,8-10H2,1H3,(H2,15,18). The Labute approximate surface area is 125 Å². The van der Waals surface area contributed by atoms with Crippen molar-refractivity contribution in [3.63, 3.8) is 0 Å². The summed E-state index contributed by atoms with van der Waals surface area (Å²) >= 11 is 0. The summed E-state index contributed by atoms with van der Waals surface area (Å²) < 4.78 is 24.6. The quantitative estimate of drug-likeness (QED) is 0.825. The Balaban J connectivity index is 2.00. The average Bonchev–Trinajstić information content (AvgIpc) is 2.45. The molecule has 1 heterocycles. The molecule has 0 aliphatic carbocycles. The van der Waals surface area contributed by atoms with Gasteiger partial charge in [0.25, 0.3) is 0 Å². The van der Waals surface area contributed by atoms with Gasteiger partial charge < -0.3 is 10.6 Å². The van der Waals surface area contributed by atoms with Crippen LogP contribution in [-0.4, -0.2) is 33.7 Å². The van der Waals surface area contributed by atoms with Crippen molar-refractivity contribution >= 4 is 21.6 Å². The van der Waals surface area contributed by atoms with Crippen LogP contribution in [0.4, 0.5) is 5.69 Å². The number of piperidine rings is 1. The molecule has 0 radical (unpaired) electrons. The average molecular weight is 311 g/mol. The van der Waals surface area contributed by atoms with Crippen LogP contribution in [-0.2, 0) is 21.4 Å². The van der Waals surface area contributed by atoms with Crippen molar-refractivity contribution in [3.8, 4) is 0 Å². The molecular formula is C14H21N3O3S. The first-order valence-electron chi connectivity index (χ1n) is 6.93. The van der Waals surface area contributed by atoms with Gasteiger partial charge in [-0.25, -0.2) is 13.1 Å². The number of carbonyl (C=O) groups excluding carboxylic acids is 1. The van der Waals surface area contributed by atoms with E-state index in [2.05, 4.69) is 9.62 Å². The van der Waals surface area contributed by atoms with Gasteiger partial charge in [-0.2, -0.15) is 0 Å². The molecule has 7 heteroatoms. The molecule has 21 heavy (non-hydrogen) atoms. The van der Waals surface area contributed by atoms with E-state index in [4.69, 9.17) is 5.73 Å². The van der Waals surface area contributed by atoms with E-state index in [1.165, 1.54) is 0 Å². The summed E-state index contributed by atoms with van der Waals surface area (Å²) in [7, 11) is -3.18. The zero-order valence-electron chi connectivity index (χ0n) is 12.1. The number of rotatable bonds is 5. The molecule has 1 aromatic carbocycles. The van der Waals surface area contributed by atoms with Crippen LogP contribution >= 0.6 is 0 Å². The van der Waals surface area contributed by atoms with Gasteiger partial charge >= 0.3 is 0 Å². The lowest BCUT2D eigenvalue weighted by Crippen LogP contribution is -2.41. The Kier molecular flexibility index (Phi) is 4.84. The van der Waals surface area contributed by atoms with Gasteiger partial charge in [0.1, 0.15) is 0 Å². The molecule has 1 atom stereocenters. The number of amides is 1. The van der Waals surface area contributed by atoms with Gasteiger partial charge in [-0.15, -0.1) is 0 Å². The molecule has 1 aromatic rings. The fraction of sp³-hybridized carbons (Fsp3) is 0.500. The van der Waals surface area contributed by atoms with Crippen LogP contribution in [0, 0.1) is 5.92 Å². The Morgan fingerprint density at radius 3 is 2.62 bits per heavy atom. The van der Waals surface area contributed by atoms with E-state index in [0.29, 0.717) is 6.54 Å². The number of hydrogen-bond donors (Lipinski definition) is 2. The lowest BCUT2D eigenvalue weighted by Gasteiger charge is -2.33. The van der Waals surface area contributed by atoms with E-state index in [1.807, 2.05) is 24.3 Å². The summed E-state index contributed by atoms with van der Waals surface area (Å²) in [6.07, 6.45) is 2.94. The second-order valence-corrected chi connectivity index (χ2v) is 7.28.